The molecule has 0 saturated heterocycles. The van der Waals surface area contributed by atoms with E-state index in [9.17, 15) is 18.8 Å². The Morgan fingerprint density at radius 3 is 2.50 bits per heavy atom. The fourth-order valence-electron chi connectivity index (χ4n) is 3.56. The number of hydrogen-bond donors (Lipinski definition) is 1. The summed E-state index contributed by atoms with van der Waals surface area (Å²) in [6.45, 7) is 3.44. The van der Waals surface area contributed by atoms with Crippen LogP contribution in [0, 0.1) is 19.7 Å². The molecule has 4 aromatic rings. The van der Waals surface area contributed by atoms with Gasteiger partial charge in [-0.05, 0) is 48.7 Å². The van der Waals surface area contributed by atoms with Crippen LogP contribution in [0.15, 0.2) is 58.3 Å². The average Bonchev–Trinajstić information content (AvgIpc) is 3.14. The Balaban J connectivity index is 1.75. The van der Waals surface area contributed by atoms with Crippen molar-refractivity contribution in [3.63, 3.8) is 0 Å². The van der Waals surface area contributed by atoms with Gasteiger partial charge in [0.2, 0.25) is 5.91 Å². The van der Waals surface area contributed by atoms with Gasteiger partial charge >= 0.3 is 5.69 Å². The molecule has 0 bridgehead atoms. The zero-order valence-corrected chi connectivity index (χ0v) is 17.9. The van der Waals surface area contributed by atoms with Crippen molar-refractivity contribution in [1.82, 2.24) is 18.9 Å². The Hall–Kier alpha value is -4.01. The minimum atomic E-state index is -0.643. The molecule has 8 nitrogen and oxygen atoms in total. The number of anilines is 1. The highest BCUT2D eigenvalue weighted by Gasteiger charge is 2.18. The van der Waals surface area contributed by atoms with Crippen LogP contribution in [-0.2, 0) is 24.9 Å². The van der Waals surface area contributed by atoms with Crippen LogP contribution in [0.5, 0.6) is 0 Å². The summed E-state index contributed by atoms with van der Waals surface area (Å²) in [4.78, 5) is 39.0. The number of amides is 1. The summed E-state index contributed by atoms with van der Waals surface area (Å²) < 4.78 is 16.9. The van der Waals surface area contributed by atoms with Crippen molar-refractivity contribution in [2.45, 2.75) is 26.9 Å². The van der Waals surface area contributed by atoms with Crippen LogP contribution in [0.2, 0.25) is 0 Å². The van der Waals surface area contributed by atoms with Gasteiger partial charge in [-0.1, -0.05) is 24.3 Å². The monoisotopic (exact) mass is 435 g/mol. The number of halogens is 1. The highest BCUT2D eigenvalue weighted by molar-refractivity contribution is 5.92. The topological polar surface area (TPSA) is 90.9 Å². The fourth-order valence-corrected chi connectivity index (χ4v) is 3.56. The van der Waals surface area contributed by atoms with E-state index in [1.165, 1.54) is 39.7 Å². The first kappa shape index (κ1) is 21.2. The third-order valence-electron chi connectivity index (χ3n) is 5.23. The van der Waals surface area contributed by atoms with Gasteiger partial charge in [-0.3, -0.25) is 23.4 Å². The molecule has 0 radical (unpaired) electrons. The Labute approximate surface area is 182 Å². The van der Waals surface area contributed by atoms with Crippen LogP contribution in [0.3, 0.4) is 0 Å². The van der Waals surface area contributed by atoms with E-state index in [0.717, 1.165) is 15.7 Å². The maximum absolute atomic E-state index is 13.2. The second-order valence-corrected chi connectivity index (χ2v) is 7.79. The lowest BCUT2D eigenvalue weighted by atomic mass is 10.1. The molecular formula is C23H22FN5O3. The van der Waals surface area contributed by atoms with Crippen LogP contribution in [0.1, 0.15) is 16.7 Å². The quantitative estimate of drug-likeness (QED) is 0.521. The number of nitrogens with one attached hydrogen (secondary N) is 1. The number of carbonyl (C=O) groups is 1. The molecule has 0 aliphatic rings. The van der Waals surface area contributed by atoms with E-state index in [2.05, 4.69) is 10.4 Å². The normalized spacial score (nSPS) is 11.1. The van der Waals surface area contributed by atoms with Crippen LogP contribution < -0.4 is 16.6 Å². The summed E-state index contributed by atoms with van der Waals surface area (Å²) in [7, 11) is 1.63. The molecule has 0 spiro atoms. The number of hydrogen-bond acceptors (Lipinski definition) is 4. The minimum absolute atomic E-state index is 0.0664. The molecule has 0 aliphatic carbocycles. The fraction of sp³-hybridized carbons (Fsp3) is 0.217. The van der Waals surface area contributed by atoms with Crippen LogP contribution >= 0.6 is 0 Å². The lowest BCUT2D eigenvalue weighted by molar-refractivity contribution is -0.116. The second kappa shape index (κ2) is 8.26. The zero-order chi connectivity index (χ0) is 23.0. The van der Waals surface area contributed by atoms with Gasteiger partial charge in [-0.15, -0.1) is 0 Å². The van der Waals surface area contributed by atoms with E-state index in [1.807, 2.05) is 32.0 Å². The Morgan fingerprint density at radius 2 is 1.78 bits per heavy atom. The smallest absolute Gasteiger partial charge is 0.324 e. The molecule has 0 unspecified atom stereocenters. The number of aromatic nitrogens is 4. The Bertz CT molecular complexity index is 1450. The van der Waals surface area contributed by atoms with Crippen molar-refractivity contribution in [1.29, 1.82) is 0 Å². The van der Waals surface area contributed by atoms with Crippen LogP contribution in [0.4, 0.5) is 10.1 Å². The van der Waals surface area contributed by atoms with Gasteiger partial charge in [-0.2, -0.15) is 5.10 Å². The minimum Gasteiger partial charge on any atom is -0.324 e. The molecule has 1 amide bonds. The molecular weight excluding hydrogens is 413 g/mol. The second-order valence-electron chi connectivity index (χ2n) is 7.79. The van der Waals surface area contributed by atoms with Gasteiger partial charge in [0.15, 0.2) is 5.52 Å². The van der Waals surface area contributed by atoms with E-state index in [1.54, 1.807) is 7.05 Å². The van der Waals surface area contributed by atoms with Crippen molar-refractivity contribution in [2.24, 2.45) is 7.05 Å². The number of benzene rings is 2. The van der Waals surface area contributed by atoms with Crippen molar-refractivity contribution in [2.75, 3.05) is 5.32 Å². The standard InChI is InChI=1S/C23H22FN5O3/c1-14-4-5-15(2)18(10-14)25-20(30)13-28-19-12-27(3)26-21(19)22(31)29(23(28)32)11-16-6-8-17(24)9-7-16/h4-10,12H,11,13H2,1-3H3,(H,25,30). The largest absolute Gasteiger partial charge is 0.332 e. The summed E-state index contributed by atoms with van der Waals surface area (Å²) >= 11 is 0. The Kier molecular flexibility index (Phi) is 5.48. The van der Waals surface area contributed by atoms with Crippen molar-refractivity contribution in [3.05, 3.63) is 92.0 Å². The van der Waals surface area contributed by atoms with Crippen molar-refractivity contribution in [3.8, 4) is 0 Å². The molecule has 2 aromatic heterocycles. The van der Waals surface area contributed by atoms with Gasteiger partial charge in [0, 0.05) is 18.9 Å². The summed E-state index contributed by atoms with van der Waals surface area (Å²) in [6, 6.07) is 11.2. The first-order chi connectivity index (χ1) is 15.2. The number of aryl methyl sites for hydroxylation is 3. The maximum atomic E-state index is 13.2. The molecule has 0 saturated carbocycles. The highest BCUT2D eigenvalue weighted by Crippen LogP contribution is 2.16. The van der Waals surface area contributed by atoms with Gasteiger partial charge in [-0.25, -0.2) is 9.18 Å². The zero-order valence-electron chi connectivity index (χ0n) is 17.9. The van der Waals surface area contributed by atoms with E-state index < -0.39 is 23.0 Å². The lowest BCUT2D eigenvalue weighted by Gasteiger charge is -2.13. The lowest BCUT2D eigenvalue weighted by Crippen LogP contribution is -2.41. The number of nitrogens with zero attached hydrogens (tertiary/aromatic N) is 4. The SMILES string of the molecule is Cc1ccc(C)c(NC(=O)Cn2c(=O)n(Cc3ccc(F)cc3)c(=O)c3nn(C)cc32)c1. The number of rotatable bonds is 5. The molecule has 0 fully saturated rings. The van der Waals surface area contributed by atoms with Crippen molar-refractivity contribution >= 4 is 22.6 Å². The molecule has 164 valence electrons. The maximum Gasteiger partial charge on any atom is 0.332 e. The van der Waals surface area contributed by atoms with Gasteiger partial charge in [0.25, 0.3) is 5.56 Å². The molecule has 0 atom stereocenters. The summed E-state index contributed by atoms with van der Waals surface area (Å²) in [5, 5.41) is 7.01. The molecule has 2 aromatic carbocycles. The molecule has 32 heavy (non-hydrogen) atoms. The van der Waals surface area contributed by atoms with E-state index in [0.29, 0.717) is 11.3 Å². The van der Waals surface area contributed by atoms with E-state index in [-0.39, 0.29) is 24.1 Å². The highest BCUT2D eigenvalue weighted by atomic mass is 19.1. The molecule has 2 heterocycles. The van der Waals surface area contributed by atoms with Crippen LogP contribution in [-0.4, -0.2) is 24.8 Å². The predicted molar refractivity (Wildman–Crippen MR) is 119 cm³/mol. The summed E-state index contributed by atoms with van der Waals surface area (Å²) in [5.74, 6) is -0.820. The third-order valence-corrected chi connectivity index (χ3v) is 5.23. The third kappa shape index (κ3) is 4.09. The predicted octanol–water partition coefficient (Wildman–Crippen LogP) is 2.34. The van der Waals surface area contributed by atoms with Gasteiger partial charge in [0.05, 0.1) is 12.1 Å². The summed E-state index contributed by atoms with van der Waals surface area (Å²) in [5.41, 5.74) is 2.26. The van der Waals surface area contributed by atoms with Gasteiger partial charge in [0.1, 0.15) is 12.4 Å². The molecule has 9 heteroatoms. The van der Waals surface area contributed by atoms with E-state index in [4.69, 9.17) is 0 Å². The number of fused-ring (bicyclic) bond motifs is 1. The first-order valence-electron chi connectivity index (χ1n) is 10.0. The molecule has 1 N–H and O–H groups in total. The first-order valence-corrected chi connectivity index (χ1v) is 10.0. The summed E-state index contributed by atoms with van der Waals surface area (Å²) in [6.07, 6.45) is 1.53. The average molecular weight is 435 g/mol. The van der Waals surface area contributed by atoms with E-state index >= 15 is 0 Å². The molecule has 0 aliphatic heterocycles. The Morgan fingerprint density at radius 1 is 1.06 bits per heavy atom. The number of carbonyl (C=O) groups excluding carboxylic acids is 1. The van der Waals surface area contributed by atoms with Gasteiger partial charge < -0.3 is 5.32 Å². The van der Waals surface area contributed by atoms with Crippen LogP contribution in [0.25, 0.3) is 11.0 Å². The van der Waals surface area contributed by atoms with Crippen molar-refractivity contribution < 1.29 is 9.18 Å². The molecule has 4 rings (SSSR count).